The van der Waals surface area contributed by atoms with Gasteiger partial charge in [-0.2, -0.15) is 0 Å². The molecule has 2 aliphatic heterocycles. The molecular weight excluding hydrogens is 331 g/mol. The van der Waals surface area contributed by atoms with Crippen LogP contribution in [0.15, 0.2) is 18.2 Å². The number of piperidine rings is 1. The molecule has 23 heavy (non-hydrogen) atoms. The summed E-state index contributed by atoms with van der Waals surface area (Å²) in [5.74, 6) is 0.192. The van der Waals surface area contributed by atoms with E-state index in [1.54, 1.807) is 12.1 Å². The van der Waals surface area contributed by atoms with E-state index < -0.39 is 0 Å². The number of nitrogens with zero attached hydrogens (tertiary/aromatic N) is 2. The number of carbonyl (C=O) groups excluding carboxylic acids is 1. The minimum absolute atomic E-state index is 0.123. The van der Waals surface area contributed by atoms with Crippen LogP contribution in [0.25, 0.3) is 0 Å². The van der Waals surface area contributed by atoms with Crippen LogP contribution in [0.5, 0.6) is 0 Å². The van der Waals surface area contributed by atoms with Crippen molar-refractivity contribution in [2.75, 3.05) is 19.6 Å². The molecule has 1 amide bonds. The molecule has 0 saturated carbocycles. The largest absolute Gasteiger partial charge is 0.324 e. The van der Waals surface area contributed by atoms with Crippen LogP contribution in [0.2, 0.25) is 10.0 Å². The Bertz CT molecular complexity index is 586. The zero-order valence-corrected chi connectivity index (χ0v) is 15.2. The summed E-state index contributed by atoms with van der Waals surface area (Å²) in [5.41, 5.74) is 0.806. The highest BCUT2D eigenvalue weighted by Gasteiger charge is 2.42. The molecule has 2 aliphatic rings. The molecule has 0 N–H and O–H groups in total. The van der Waals surface area contributed by atoms with Crippen molar-refractivity contribution in [3.8, 4) is 0 Å². The standard InChI is InChI=1S/C18H24Cl2N2O/c1-18(21-9-4-5-10-21)8-2-3-11-22(18)17(23)13-14-6-7-15(19)16(20)12-14/h6-7,12H,2-5,8-11,13H2,1H3. The molecule has 1 unspecified atom stereocenters. The summed E-state index contributed by atoms with van der Waals surface area (Å²) < 4.78 is 0. The molecule has 0 aromatic heterocycles. The summed E-state index contributed by atoms with van der Waals surface area (Å²) in [6, 6.07) is 5.46. The van der Waals surface area contributed by atoms with E-state index in [0.717, 1.165) is 38.0 Å². The molecule has 0 radical (unpaired) electrons. The highest BCUT2D eigenvalue weighted by atomic mass is 35.5. The van der Waals surface area contributed by atoms with Gasteiger partial charge < -0.3 is 4.90 Å². The first-order valence-electron chi connectivity index (χ1n) is 8.50. The molecular formula is C18H24Cl2N2O. The van der Waals surface area contributed by atoms with Gasteiger partial charge in [0.25, 0.3) is 0 Å². The van der Waals surface area contributed by atoms with E-state index in [0.29, 0.717) is 16.5 Å². The van der Waals surface area contributed by atoms with Gasteiger partial charge in [0.05, 0.1) is 22.1 Å². The molecule has 1 aromatic carbocycles. The maximum atomic E-state index is 13.0. The van der Waals surface area contributed by atoms with Crippen molar-refractivity contribution >= 4 is 29.1 Å². The molecule has 2 heterocycles. The third-order valence-electron chi connectivity index (χ3n) is 5.29. The Hall–Kier alpha value is -0.770. The Morgan fingerprint density at radius 2 is 1.78 bits per heavy atom. The predicted molar refractivity (Wildman–Crippen MR) is 94.9 cm³/mol. The van der Waals surface area contributed by atoms with E-state index in [4.69, 9.17) is 23.2 Å². The van der Waals surface area contributed by atoms with Crippen molar-refractivity contribution in [3.05, 3.63) is 33.8 Å². The van der Waals surface area contributed by atoms with E-state index in [2.05, 4.69) is 16.7 Å². The number of amides is 1. The van der Waals surface area contributed by atoms with Gasteiger partial charge in [0, 0.05) is 19.6 Å². The molecule has 1 aromatic rings. The first-order chi connectivity index (χ1) is 11.0. The predicted octanol–water partition coefficient (Wildman–Crippen LogP) is 4.36. The minimum atomic E-state index is -0.123. The summed E-state index contributed by atoms with van der Waals surface area (Å²) in [6.45, 7) is 5.30. The fourth-order valence-electron chi connectivity index (χ4n) is 3.95. The molecule has 1 atom stereocenters. The van der Waals surface area contributed by atoms with Crippen molar-refractivity contribution in [1.29, 1.82) is 0 Å². The molecule has 3 rings (SSSR count). The quantitative estimate of drug-likeness (QED) is 0.804. The van der Waals surface area contributed by atoms with E-state index in [9.17, 15) is 4.79 Å². The molecule has 2 fully saturated rings. The number of rotatable bonds is 3. The molecule has 0 bridgehead atoms. The zero-order valence-electron chi connectivity index (χ0n) is 13.7. The average molecular weight is 355 g/mol. The molecule has 3 nitrogen and oxygen atoms in total. The number of likely N-dealkylation sites (tertiary alicyclic amines) is 2. The summed E-state index contributed by atoms with van der Waals surface area (Å²) >= 11 is 12.0. The first-order valence-corrected chi connectivity index (χ1v) is 9.26. The maximum absolute atomic E-state index is 13.0. The number of hydrogen-bond acceptors (Lipinski definition) is 2. The van der Waals surface area contributed by atoms with Gasteiger partial charge in [-0.3, -0.25) is 9.69 Å². The van der Waals surface area contributed by atoms with Gasteiger partial charge in [-0.15, -0.1) is 0 Å². The monoisotopic (exact) mass is 354 g/mol. The second-order valence-electron chi connectivity index (χ2n) is 6.84. The lowest BCUT2D eigenvalue weighted by atomic mass is 9.94. The van der Waals surface area contributed by atoms with Gasteiger partial charge in [0.2, 0.25) is 5.91 Å². The average Bonchev–Trinajstić information content (AvgIpc) is 3.06. The first kappa shape index (κ1) is 17.1. The molecule has 2 saturated heterocycles. The van der Waals surface area contributed by atoms with E-state index >= 15 is 0 Å². The lowest BCUT2D eigenvalue weighted by molar-refractivity contribution is -0.149. The second kappa shape index (κ2) is 7.00. The van der Waals surface area contributed by atoms with Gasteiger partial charge in [-0.1, -0.05) is 29.3 Å². The van der Waals surface area contributed by atoms with Crippen LogP contribution >= 0.6 is 23.2 Å². The summed E-state index contributed by atoms with van der Waals surface area (Å²) in [4.78, 5) is 17.6. The molecule has 0 aliphatic carbocycles. The SMILES string of the molecule is CC1(N2CCCC2)CCCCN1C(=O)Cc1ccc(Cl)c(Cl)c1. The molecule has 5 heteroatoms. The maximum Gasteiger partial charge on any atom is 0.228 e. The van der Waals surface area contributed by atoms with Crippen molar-refractivity contribution < 1.29 is 4.79 Å². The number of hydrogen-bond donors (Lipinski definition) is 0. The Labute approximate surface area is 148 Å². The van der Waals surface area contributed by atoms with E-state index in [1.807, 2.05) is 6.07 Å². The van der Waals surface area contributed by atoms with Gasteiger partial charge >= 0.3 is 0 Å². The zero-order chi connectivity index (χ0) is 16.4. The van der Waals surface area contributed by atoms with Crippen molar-refractivity contribution in [3.63, 3.8) is 0 Å². The second-order valence-corrected chi connectivity index (χ2v) is 7.65. The smallest absolute Gasteiger partial charge is 0.228 e. The minimum Gasteiger partial charge on any atom is -0.324 e. The van der Waals surface area contributed by atoms with Crippen LogP contribution in [0.1, 0.15) is 44.6 Å². The summed E-state index contributed by atoms with van der Waals surface area (Å²) in [6.07, 6.45) is 6.23. The molecule has 0 spiro atoms. The topological polar surface area (TPSA) is 23.6 Å². The van der Waals surface area contributed by atoms with Crippen molar-refractivity contribution in [1.82, 2.24) is 9.80 Å². The van der Waals surface area contributed by atoms with Gasteiger partial charge in [-0.25, -0.2) is 0 Å². The van der Waals surface area contributed by atoms with Crippen molar-refractivity contribution in [2.45, 2.75) is 51.1 Å². The van der Waals surface area contributed by atoms with Gasteiger partial charge in [0.15, 0.2) is 0 Å². The van der Waals surface area contributed by atoms with Crippen LogP contribution in [0, 0.1) is 0 Å². The van der Waals surface area contributed by atoms with Crippen LogP contribution in [-0.4, -0.2) is 41.0 Å². The van der Waals surface area contributed by atoms with Crippen molar-refractivity contribution in [2.24, 2.45) is 0 Å². The highest BCUT2D eigenvalue weighted by Crippen LogP contribution is 2.34. The van der Waals surface area contributed by atoms with Crippen LogP contribution in [0.4, 0.5) is 0 Å². The van der Waals surface area contributed by atoms with Gasteiger partial charge in [0.1, 0.15) is 0 Å². The summed E-state index contributed by atoms with van der Waals surface area (Å²) in [7, 11) is 0. The lowest BCUT2D eigenvalue weighted by Crippen LogP contribution is -2.62. The highest BCUT2D eigenvalue weighted by molar-refractivity contribution is 6.42. The van der Waals surface area contributed by atoms with Crippen LogP contribution < -0.4 is 0 Å². The van der Waals surface area contributed by atoms with E-state index in [-0.39, 0.29) is 11.6 Å². The summed E-state index contributed by atoms with van der Waals surface area (Å²) in [5, 5.41) is 1.04. The fourth-order valence-corrected chi connectivity index (χ4v) is 4.27. The Morgan fingerprint density at radius 1 is 1.09 bits per heavy atom. The number of carbonyl (C=O) groups is 1. The third-order valence-corrected chi connectivity index (χ3v) is 6.03. The van der Waals surface area contributed by atoms with Gasteiger partial charge in [-0.05, 0) is 56.7 Å². The number of benzene rings is 1. The molecule has 126 valence electrons. The lowest BCUT2D eigenvalue weighted by Gasteiger charge is -2.50. The Balaban J connectivity index is 1.76. The Morgan fingerprint density at radius 3 is 2.48 bits per heavy atom. The number of halogens is 2. The Kier molecular flexibility index (Phi) is 5.19. The van der Waals surface area contributed by atoms with E-state index in [1.165, 1.54) is 19.3 Å². The normalized spacial score (nSPS) is 25.8. The third kappa shape index (κ3) is 3.52. The fraction of sp³-hybridized carbons (Fsp3) is 0.611. The van der Waals surface area contributed by atoms with Crippen LogP contribution in [-0.2, 0) is 11.2 Å². The van der Waals surface area contributed by atoms with Crippen LogP contribution in [0.3, 0.4) is 0 Å².